The summed E-state index contributed by atoms with van der Waals surface area (Å²) in [7, 11) is 0. The van der Waals surface area contributed by atoms with Gasteiger partial charge in [-0.15, -0.1) is 0 Å². The van der Waals surface area contributed by atoms with Gasteiger partial charge in [0, 0.05) is 18.0 Å². The van der Waals surface area contributed by atoms with Crippen molar-refractivity contribution in [1.82, 2.24) is 5.32 Å². The van der Waals surface area contributed by atoms with Gasteiger partial charge in [-0.25, -0.2) is 0 Å². The van der Waals surface area contributed by atoms with E-state index >= 15 is 0 Å². The van der Waals surface area contributed by atoms with Crippen molar-refractivity contribution < 1.29 is 9.59 Å². The van der Waals surface area contributed by atoms with Crippen LogP contribution >= 0.6 is 11.6 Å². The number of nitrogens with one attached hydrogen (secondary N) is 2. The Morgan fingerprint density at radius 2 is 2.32 bits per heavy atom. The van der Waals surface area contributed by atoms with E-state index in [1.807, 2.05) is 6.07 Å². The van der Waals surface area contributed by atoms with Gasteiger partial charge in [0.25, 0.3) is 0 Å². The van der Waals surface area contributed by atoms with Gasteiger partial charge in [-0.3, -0.25) is 9.59 Å². The third-order valence-electron chi connectivity index (χ3n) is 3.00. The molecule has 0 aromatic heterocycles. The van der Waals surface area contributed by atoms with Crippen LogP contribution in [0.1, 0.15) is 18.4 Å². The Balaban J connectivity index is 2.09. The number of halogens is 1. The third kappa shape index (κ3) is 3.24. The van der Waals surface area contributed by atoms with Gasteiger partial charge < -0.3 is 10.6 Å². The molecule has 1 fully saturated rings. The van der Waals surface area contributed by atoms with Crippen LogP contribution in [0.25, 0.3) is 0 Å². The molecule has 2 rings (SSSR count). The second-order valence-corrected chi connectivity index (χ2v) is 4.77. The predicted molar refractivity (Wildman–Crippen MR) is 70.5 cm³/mol. The molecule has 0 spiro atoms. The zero-order valence-electron chi connectivity index (χ0n) is 10.1. The van der Waals surface area contributed by atoms with Crippen molar-refractivity contribution in [3.05, 3.63) is 28.8 Å². The molecule has 1 atom stereocenters. The number of hydrogen-bond acceptors (Lipinski definition) is 3. The van der Waals surface area contributed by atoms with Gasteiger partial charge in [0.2, 0.25) is 11.8 Å². The number of hydrogen-bond donors (Lipinski definition) is 2. The molecule has 19 heavy (non-hydrogen) atoms. The topological polar surface area (TPSA) is 82.0 Å². The summed E-state index contributed by atoms with van der Waals surface area (Å²) in [5.41, 5.74) is 0.759. The number of rotatable bonds is 2. The number of nitriles is 1. The molecule has 0 radical (unpaired) electrons. The Morgan fingerprint density at radius 1 is 1.53 bits per heavy atom. The minimum absolute atomic E-state index is 0.0375. The SMILES string of the molecule is N#Cc1ccc(Cl)cc1NC(=O)C1CCC(=O)NC1. The van der Waals surface area contributed by atoms with E-state index in [1.165, 1.54) is 0 Å². The molecule has 1 unspecified atom stereocenters. The number of piperidine rings is 1. The highest BCUT2D eigenvalue weighted by Gasteiger charge is 2.24. The number of carbonyl (C=O) groups is 2. The van der Waals surface area contributed by atoms with Gasteiger partial charge in [-0.05, 0) is 24.6 Å². The normalized spacial score (nSPS) is 18.3. The molecule has 1 aromatic carbocycles. The zero-order chi connectivity index (χ0) is 13.8. The van der Waals surface area contributed by atoms with Crippen LogP contribution in [0.4, 0.5) is 5.69 Å². The van der Waals surface area contributed by atoms with E-state index in [4.69, 9.17) is 16.9 Å². The first-order chi connectivity index (χ1) is 9.10. The average Bonchev–Trinajstić information content (AvgIpc) is 2.39. The Labute approximate surface area is 115 Å². The third-order valence-corrected chi connectivity index (χ3v) is 3.23. The van der Waals surface area contributed by atoms with Gasteiger partial charge in [0.15, 0.2) is 0 Å². The van der Waals surface area contributed by atoms with Crippen LogP contribution in [0, 0.1) is 17.2 Å². The number of anilines is 1. The second-order valence-electron chi connectivity index (χ2n) is 4.33. The molecule has 2 amide bonds. The van der Waals surface area contributed by atoms with Crippen molar-refractivity contribution in [3.8, 4) is 6.07 Å². The molecular formula is C13H12ClN3O2. The van der Waals surface area contributed by atoms with Crippen molar-refractivity contribution in [2.75, 3.05) is 11.9 Å². The molecule has 2 N–H and O–H groups in total. The lowest BCUT2D eigenvalue weighted by Crippen LogP contribution is -2.40. The molecule has 0 saturated carbocycles. The number of carbonyl (C=O) groups excluding carboxylic acids is 2. The van der Waals surface area contributed by atoms with E-state index in [0.717, 1.165) is 0 Å². The smallest absolute Gasteiger partial charge is 0.229 e. The van der Waals surface area contributed by atoms with Gasteiger partial charge in [-0.2, -0.15) is 5.26 Å². The maximum Gasteiger partial charge on any atom is 0.229 e. The first kappa shape index (κ1) is 13.4. The maximum absolute atomic E-state index is 12.0. The van der Waals surface area contributed by atoms with Gasteiger partial charge in [-0.1, -0.05) is 11.6 Å². The highest BCUT2D eigenvalue weighted by Crippen LogP contribution is 2.22. The van der Waals surface area contributed by atoms with E-state index in [1.54, 1.807) is 18.2 Å². The highest BCUT2D eigenvalue weighted by molar-refractivity contribution is 6.31. The van der Waals surface area contributed by atoms with E-state index in [0.29, 0.717) is 35.7 Å². The molecule has 0 bridgehead atoms. The summed E-state index contributed by atoms with van der Waals surface area (Å²) in [6, 6.07) is 6.69. The molecule has 0 aliphatic carbocycles. The van der Waals surface area contributed by atoms with Crippen LogP contribution in [0.3, 0.4) is 0 Å². The molecule has 1 aromatic rings. The maximum atomic E-state index is 12.0. The summed E-state index contributed by atoms with van der Waals surface area (Å²) in [6.45, 7) is 0.327. The minimum Gasteiger partial charge on any atom is -0.355 e. The monoisotopic (exact) mass is 277 g/mol. The molecule has 1 aliphatic rings. The molecule has 1 saturated heterocycles. The average molecular weight is 278 g/mol. The number of amides is 2. The Morgan fingerprint density at radius 3 is 2.95 bits per heavy atom. The van der Waals surface area contributed by atoms with Crippen LogP contribution in [-0.2, 0) is 9.59 Å². The molecule has 1 aliphatic heterocycles. The minimum atomic E-state index is -0.275. The Kier molecular flexibility index (Phi) is 4.03. The largest absolute Gasteiger partial charge is 0.355 e. The quantitative estimate of drug-likeness (QED) is 0.863. The van der Waals surface area contributed by atoms with Crippen molar-refractivity contribution in [2.24, 2.45) is 5.92 Å². The van der Waals surface area contributed by atoms with E-state index in [9.17, 15) is 9.59 Å². The molecule has 6 heteroatoms. The lowest BCUT2D eigenvalue weighted by molar-refractivity contribution is -0.126. The summed E-state index contributed by atoms with van der Waals surface area (Å²) >= 11 is 5.84. The fourth-order valence-electron chi connectivity index (χ4n) is 1.91. The van der Waals surface area contributed by atoms with Crippen molar-refractivity contribution in [1.29, 1.82) is 5.26 Å². The molecular weight excluding hydrogens is 266 g/mol. The van der Waals surface area contributed by atoms with Gasteiger partial charge in [0.05, 0.1) is 17.2 Å². The molecule has 5 nitrogen and oxygen atoms in total. The number of benzene rings is 1. The van der Waals surface area contributed by atoms with Gasteiger partial charge in [0.1, 0.15) is 6.07 Å². The van der Waals surface area contributed by atoms with Crippen LogP contribution in [0.5, 0.6) is 0 Å². The van der Waals surface area contributed by atoms with Crippen LogP contribution in [-0.4, -0.2) is 18.4 Å². The van der Waals surface area contributed by atoms with Crippen molar-refractivity contribution in [3.63, 3.8) is 0 Å². The first-order valence-electron chi connectivity index (χ1n) is 5.87. The van der Waals surface area contributed by atoms with Crippen molar-refractivity contribution >= 4 is 29.1 Å². The van der Waals surface area contributed by atoms with Crippen LogP contribution in [0.15, 0.2) is 18.2 Å². The lowest BCUT2D eigenvalue weighted by Gasteiger charge is -2.21. The summed E-state index contributed by atoms with van der Waals surface area (Å²) < 4.78 is 0. The van der Waals surface area contributed by atoms with E-state index in [2.05, 4.69) is 10.6 Å². The zero-order valence-corrected chi connectivity index (χ0v) is 10.8. The highest BCUT2D eigenvalue weighted by atomic mass is 35.5. The predicted octanol–water partition coefficient (Wildman–Crippen LogP) is 1.68. The molecule has 98 valence electrons. The van der Waals surface area contributed by atoms with Crippen LogP contribution in [0.2, 0.25) is 5.02 Å². The summed E-state index contributed by atoms with van der Waals surface area (Å²) in [5, 5.41) is 14.8. The van der Waals surface area contributed by atoms with Crippen LogP contribution < -0.4 is 10.6 Å². The Bertz CT molecular complexity index is 555. The fourth-order valence-corrected chi connectivity index (χ4v) is 2.08. The Hall–Kier alpha value is -2.06. The van der Waals surface area contributed by atoms with Crippen molar-refractivity contribution in [2.45, 2.75) is 12.8 Å². The summed E-state index contributed by atoms with van der Waals surface area (Å²) in [6.07, 6.45) is 0.860. The summed E-state index contributed by atoms with van der Waals surface area (Å²) in [5.74, 6) is -0.522. The molecule has 1 heterocycles. The van der Waals surface area contributed by atoms with E-state index in [-0.39, 0.29) is 17.7 Å². The second kappa shape index (κ2) is 5.72. The first-order valence-corrected chi connectivity index (χ1v) is 6.25. The fraction of sp³-hybridized carbons (Fsp3) is 0.308. The van der Waals surface area contributed by atoms with E-state index < -0.39 is 0 Å². The summed E-state index contributed by atoms with van der Waals surface area (Å²) in [4.78, 5) is 23.1. The van der Waals surface area contributed by atoms with Gasteiger partial charge >= 0.3 is 0 Å². The lowest BCUT2D eigenvalue weighted by atomic mass is 9.98. The standard InChI is InChI=1S/C13H12ClN3O2/c14-10-3-1-8(6-15)11(5-10)17-13(19)9-2-4-12(18)16-7-9/h1,3,5,9H,2,4,7H2,(H,16,18)(H,17,19). The number of nitrogens with zero attached hydrogens (tertiary/aromatic N) is 1.